The van der Waals surface area contributed by atoms with Gasteiger partial charge in [0, 0.05) is 39.1 Å². The van der Waals surface area contributed by atoms with Crippen molar-refractivity contribution in [2.24, 2.45) is 10.9 Å². The number of hydrogen-bond donors (Lipinski definition) is 1. The molecule has 0 radical (unpaired) electrons. The number of esters is 1. The number of guanidine groups is 1. The largest absolute Gasteiger partial charge is 0.469 e. The van der Waals surface area contributed by atoms with E-state index < -0.39 is 0 Å². The first-order chi connectivity index (χ1) is 11.7. The van der Waals surface area contributed by atoms with E-state index in [9.17, 15) is 9.59 Å². The molecule has 1 amide bonds. The summed E-state index contributed by atoms with van der Waals surface area (Å²) in [4.78, 5) is 32.4. The highest BCUT2D eigenvalue weighted by atomic mass is 127. The Morgan fingerprint density at radius 3 is 2.32 bits per heavy atom. The Bertz CT molecular complexity index is 459. The van der Waals surface area contributed by atoms with Crippen molar-refractivity contribution in [3.05, 3.63) is 0 Å². The number of methoxy groups -OCH3 is 1. The molecule has 2 fully saturated rings. The molecule has 2 saturated heterocycles. The molecule has 0 aromatic rings. The van der Waals surface area contributed by atoms with Crippen LogP contribution in [0, 0.1) is 5.92 Å². The lowest BCUT2D eigenvalue weighted by atomic mass is 9.97. The Labute approximate surface area is 167 Å². The maximum atomic E-state index is 12.1. The third-order valence-corrected chi connectivity index (χ3v) is 4.71. The summed E-state index contributed by atoms with van der Waals surface area (Å²) in [5, 5.41) is 3.29. The molecule has 0 bridgehead atoms. The van der Waals surface area contributed by atoms with Gasteiger partial charge in [0.1, 0.15) is 0 Å². The molecule has 2 aliphatic heterocycles. The molecule has 1 N–H and O–H groups in total. The van der Waals surface area contributed by atoms with Gasteiger partial charge >= 0.3 is 5.97 Å². The summed E-state index contributed by atoms with van der Waals surface area (Å²) < 4.78 is 4.83. The SMILES string of the molecule is CCNC(=NCCC(=O)N1CCCC1)N1CCC(C(=O)OC)CC1.I. The van der Waals surface area contributed by atoms with Crippen LogP contribution in [0.15, 0.2) is 4.99 Å². The summed E-state index contributed by atoms with van der Waals surface area (Å²) in [6.07, 6.45) is 4.26. The number of likely N-dealkylation sites (tertiary alicyclic amines) is 2. The second kappa shape index (κ2) is 11.5. The number of ether oxygens (including phenoxy) is 1. The number of carbonyl (C=O) groups excluding carboxylic acids is 2. The van der Waals surface area contributed by atoms with Crippen LogP contribution in [0.4, 0.5) is 0 Å². The Hall–Kier alpha value is -1.06. The summed E-state index contributed by atoms with van der Waals surface area (Å²) >= 11 is 0. The molecule has 0 saturated carbocycles. The normalized spacial score (nSPS) is 18.7. The van der Waals surface area contributed by atoms with Crippen molar-refractivity contribution in [3.63, 3.8) is 0 Å². The van der Waals surface area contributed by atoms with Gasteiger partial charge in [-0.3, -0.25) is 14.6 Å². The number of halogens is 1. The van der Waals surface area contributed by atoms with Crippen LogP contribution in [0.2, 0.25) is 0 Å². The molecule has 0 aromatic carbocycles. The van der Waals surface area contributed by atoms with Crippen molar-refractivity contribution in [2.75, 3.05) is 46.4 Å². The van der Waals surface area contributed by atoms with E-state index in [0.29, 0.717) is 13.0 Å². The number of carbonyl (C=O) groups is 2. The molecule has 144 valence electrons. The van der Waals surface area contributed by atoms with E-state index in [1.54, 1.807) is 0 Å². The average molecular weight is 466 g/mol. The van der Waals surface area contributed by atoms with Gasteiger partial charge < -0.3 is 19.9 Å². The Kier molecular flexibility index (Phi) is 10.1. The molecule has 7 nitrogen and oxygen atoms in total. The zero-order chi connectivity index (χ0) is 17.4. The number of hydrogen-bond acceptors (Lipinski definition) is 4. The zero-order valence-electron chi connectivity index (χ0n) is 15.3. The summed E-state index contributed by atoms with van der Waals surface area (Å²) in [5.74, 6) is 0.921. The topological polar surface area (TPSA) is 74.2 Å². The van der Waals surface area contributed by atoms with E-state index in [0.717, 1.165) is 64.4 Å². The number of rotatable bonds is 5. The maximum Gasteiger partial charge on any atom is 0.308 e. The minimum Gasteiger partial charge on any atom is -0.469 e. The molecule has 0 aromatic heterocycles. The number of nitrogens with zero attached hydrogens (tertiary/aromatic N) is 3. The molecule has 2 heterocycles. The van der Waals surface area contributed by atoms with Crippen molar-refractivity contribution >= 4 is 41.8 Å². The van der Waals surface area contributed by atoms with Crippen LogP contribution in [0.5, 0.6) is 0 Å². The Balaban J connectivity index is 0.00000312. The lowest BCUT2D eigenvalue weighted by molar-refractivity contribution is -0.146. The fraction of sp³-hybridized carbons (Fsp3) is 0.824. The minimum absolute atomic E-state index is 0. The van der Waals surface area contributed by atoms with E-state index in [1.165, 1.54) is 7.11 Å². The molecule has 25 heavy (non-hydrogen) atoms. The fourth-order valence-corrected chi connectivity index (χ4v) is 3.30. The molecule has 0 aliphatic carbocycles. The number of amides is 1. The van der Waals surface area contributed by atoms with Crippen molar-refractivity contribution in [1.82, 2.24) is 15.1 Å². The van der Waals surface area contributed by atoms with E-state index in [2.05, 4.69) is 15.2 Å². The highest BCUT2D eigenvalue weighted by Gasteiger charge is 2.27. The smallest absolute Gasteiger partial charge is 0.308 e. The first-order valence-electron chi connectivity index (χ1n) is 9.04. The quantitative estimate of drug-likeness (QED) is 0.288. The molecule has 2 aliphatic rings. The van der Waals surface area contributed by atoms with Gasteiger partial charge in [0.25, 0.3) is 0 Å². The number of nitrogens with one attached hydrogen (secondary N) is 1. The maximum absolute atomic E-state index is 12.1. The van der Waals surface area contributed by atoms with Gasteiger partial charge in [-0.25, -0.2) is 0 Å². The van der Waals surface area contributed by atoms with Crippen LogP contribution in [0.25, 0.3) is 0 Å². The van der Waals surface area contributed by atoms with Crippen LogP contribution in [-0.2, 0) is 14.3 Å². The van der Waals surface area contributed by atoms with Gasteiger partial charge in [0.05, 0.1) is 19.6 Å². The van der Waals surface area contributed by atoms with E-state index in [4.69, 9.17) is 4.74 Å². The van der Waals surface area contributed by atoms with Crippen molar-refractivity contribution in [2.45, 2.75) is 39.0 Å². The van der Waals surface area contributed by atoms with Crippen LogP contribution < -0.4 is 5.32 Å². The molecule has 2 rings (SSSR count). The molecule has 0 unspecified atom stereocenters. The highest BCUT2D eigenvalue weighted by molar-refractivity contribution is 14.0. The average Bonchev–Trinajstić information content (AvgIpc) is 3.15. The molecule has 0 atom stereocenters. The predicted molar refractivity (Wildman–Crippen MR) is 108 cm³/mol. The van der Waals surface area contributed by atoms with Crippen molar-refractivity contribution in [1.29, 1.82) is 0 Å². The van der Waals surface area contributed by atoms with Gasteiger partial charge in [-0.1, -0.05) is 0 Å². The van der Waals surface area contributed by atoms with Crippen LogP contribution >= 0.6 is 24.0 Å². The van der Waals surface area contributed by atoms with Gasteiger partial charge in [-0.05, 0) is 32.6 Å². The van der Waals surface area contributed by atoms with E-state index >= 15 is 0 Å². The standard InChI is InChI=1S/C17H30N4O3.HI/c1-3-18-17(19-9-6-15(22)20-10-4-5-11-20)21-12-7-14(8-13-21)16(23)24-2;/h14H,3-13H2,1-2H3,(H,18,19);1H. The van der Waals surface area contributed by atoms with Gasteiger partial charge in [0.2, 0.25) is 5.91 Å². The van der Waals surface area contributed by atoms with Crippen molar-refractivity contribution in [3.8, 4) is 0 Å². The highest BCUT2D eigenvalue weighted by Crippen LogP contribution is 2.18. The first-order valence-corrected chi connectivity index (χ1v) is 9.04. The first kappa shape index (κ1) is 22.0. The summed E-state index contributed by atoms with van der Waals surface area (Å²) in [5.41, 5.74) is 0. The summed E-state index contributed by atoms with van der Waals surface area (Å²) in [6, 6.07) is 0. The molecular weight excluding hydrogens is 435 g/mol. The zero-order valence-corrected chi connectivity index (χ0v) is 17.7. The third kappa shape index (κ3) is 6.63. The van der Waals surface area contributed by atoms with Crippen LogP contribution in [-0.4, -0.2) is 74.0 Å². The van der Waals surface area contributed by atoms with Gasteiger partial charge in [-0.2, -0.15) is 0 Å². The second-order valence-corrected chi connectivity index (χ2v) is 6.36. The van der Waals surface area contributed by atoms with Gasteiger partial charge in [-0.15, -0.1) is 24.0 Å². The van der Waals surface area contributed by atoms with E-state index in [-0.39, 0.29) is 41.8 Å². The second-order valence-electron chi connectivity index (χ2n) is 6.36. The van der Waals surface area contributed by atoms with Crippen molar-refractivity contribution < 1.29 is 14.3 Å². The molecule has 0 spiro atoms. The number of piperidine rings is 1. The molecule has 8 heteroatoms. The Morgan fingerprint density at radius 1 is 1.12 bits per heavy atom. The summed E-state index contributed by atoms with van der Waals surface area (Å²) in [7, 11) is 1.44. The minimum atomic E-state index is -0.118. The Morgan fingerprint density at radius 2 is 1.76 bits per heavy atom. The summed E-state index contributed by atoms with van der Waals surface area (Å²) in [6.45, 7) is 6.68. The monoisotopic (exact) mass is 466 g/mol. The third-order valence-electron chi connectivity index (χ3n) is 4.71. The fourth-order valence-electron chi connectivity index (χ4n) is 3.30. The van der Waals surface area contributed by atoms with E-state index in [1.807, 2.05) is 11.8 Å². The number of aliphatic imine (C=N–C) groups is 1. The lowest BCUT2D eigenvalue weighted by Crippen LogP contribution is -2.46. The van der Waals surface area contributed by atoms with Gasteiger partial charge in [0.15, 0.2) is 5.96 Å². The predicted octanol–water partition coefficient (Wildman–Crippen LogP) is 1.47. The van der Waals surface area contributed by atoms with Crippen LogP contribution in [0.1, 0.15) is 39.0 Å². The lowest BCUT2D eigenvalue weighted by Gasteiger charge is -2.33. The molecular formula is C17H31IN4O3. The van der Waals surface area contributed by atoms with Crippen LogP contribution in [0.3, 0.4) is 0 Å².